The molecular weight excluding hydrogens is 292 g/mol. The van der Waals surface area contributed by atoms with Crippen molar-refractivity contribution < 1.29 is 8.78 Å². The van der Waals surface area contributed by atoms with Gasteiger partial charge in [0.15, 0.2) is 0 Å². The number of benzene rings is 1. The molecule has 0 fully saturated rings. The van der Waals surface area contributed by atoms with Crippen LogP contribution in [0.3, 0.4) is 0 Å². The highest BCUT2D eigenvalue weighted by atomic mass is 19.1. The number of aromatic nitrogens is 1. The van der Waals surface area contributed by atoms with Crippen molar-refractivity contribution in [1.29, 1.82) is 0 Å². The van der Waals surface area contributed by atoms with Crippen molar-refractivity contribution in [3.05, 3.63) is 84.9 Å². The molecular formula is C20H19F2N. The summed E-state index contributed by atoms with van der Waals surface area (Å²) >= 11 is 0. The molecule has 0 unspecified atom stereocenters. The van der Waals surface area contributed by atoms with Gasteiger partial charge in [0.2, 0.25) is 0 Å². The van der Waals surface area contributed by atoms with E-state index >= 15 is 0 Å². The molecule has 0 atom stereocenters. The van der Waals surface area contributed by atoms with Crippen molar-refractivity contribution in [2.45, 2.75) is 13.3 Å². The maximum absolute atomic E-state index is 14.5. The van der Waals surface area contributed by atoms with Gasteiger partial charge in [0.25, 0.3) is 0 Å². The predicted molar refractivity (Wildman–Crippen MR) is 95.3 cm³/mol. The van der Waals surface area contributed by atoms with E-state index in [0.29, 0.717) is 18.4 Å². The van der Waals surface area contributed by atoms with Crippen LogP contribution in [0.4, 0.5) is 8.78 Å². The average Bonchev–Trinajstić information content (AvgIpc) is 2.90. The summed E-state index contributed by atoms with van der Waals surface area (Å²) < 4.78 is 28.7. The Morgan fingerprint density at radius 2 is 2.00 bits per heavy atom. The van der Waals surface area contributed by atoms with Crippen molar-refractivity contribution in [2.24, 2.45) is 0 Å². The van der Waals surface area contributed by atoms with Gasteiger partial charge in [-0.3, -0.25) is 0 Å². The van der Waals surface area contributed by atoms with E-state index in [2.05, 4.69) is 6.58 Å². The van der Waals surface area contributed by atoms with Gasteiger partial charge in [-0.1, -0.05) is 49.1 Å². The Bertz CT molecular complexity index is 804. The van der Waals surface area contributed by atoms with Crippen LogP contribution < -0.4 is 0 Å². The van der Waals surface area contributed by atoms with Gasteiger partial charge >= 0.3 is 0 Å². The SMILES string of the molecule is C=C/C=C\C=C\n1c(/C(F)=C\C)c(CC=CF)c2ccccc21. The molecule has 0 spiro atoms. The normalized spacial score (nSPS) is 13.1. The molecule has 1 nitrogen and oxygen atoms in total. The molecule has 0 aliphatic rings. The lowest BCUT2D eigenvalue weighted by Crippen LogP contribution is -1.95. The molecule has 3 heteroatoms. The van der Waals surface area contributed by atoms with Gasteiger partial charge in [-0.15, -0.1) is 0 Å². The molecule has 0 aliphatic carbocycles. The summed E-state index contributed by atoms with van der Waals surface area (Å²) in [6, 6.07) is 7.64. The number of para-hydroxylation sites is 1. The third-order valence-corrected chi connectivity index (χ3v) is 3.50. The molecule has 0 aliphatic heterocycles. The minimum atomic E-state index is -0.333. The molecule has 0 saturated carbocycles. The lowest BCUT2D eigenvalue weighted by Gasteiger charge is -2.05. The molecule has 0 radical (unpaired) electrons. The molecule has 1 aromatic heterocycles. The van der Waals surface area contributed by atoms with E-state index in [4.69, 9.17) is 0 Å². The smallest absolute Gasteiger partial charge is 0.143 e. The second kappa shape index (κ2) is 8.08. The summed E-state index contributed by atoms with van der Waals surface area (Å²) in [7, 11) is 0. The van der Waals surface area contributed by atoms with E-state index in [-0.39, 0.29) is 5.83 Å². The van der Waals surface area contributed by atoms with Crippen LogP contribution in [0, 0.1) is 0 Å². The molecule has 2 rings (SSSR count). The van der Waals surface area contributed by atoms with E-state index in [1.807, 2.05) is 36.4 Å². The third kappa shape index (κ3) is 3.57. The molecule has 118 valence electrons. The van der Waals surface area contributed by atoms with Crippen molar-refractivity contribution in [3.63, 3.8) is 0 Å². The zero-order valence-corrected chi connectivity index (χ0v) is 13.0. The van der Waals surface area contributed by atoms with E-state index in [9.17, 15) is 8.78 Å². The maximum Gasteiger partial charge on any atom is 0.143 e. The van der Waals surface area contributed by atoms with Crippen molar-refractivity contribution >= 4 is 22.9 Å². The van der Waals surface area contributed by atoms with Gasteiger partial charge in [0, 0.05) is 11.6 Å². The lowest BCUT2D eigenvalue weighted by atomic mass is 10.1. The minimum absolute atomic E-state index is 0.330. The zero-order chi connectivity index (χ0) is 16.7. The summed E-state index contributed by atoms with van der Waals surface area (Å²) in [5, 5.41) is 0.912. The maximum atomic E-state index is 14.5. The van der Waals surface area contributed by atoms with Gasteiger partial charge in [0.1, 0.15) is 5.83 Å². The quantitative estimate of drug-likeness (QED) is 0.559. The number of hydrogen-bond acceptors (Lipinski definition) is 0. The first-order valence-electron chi connectivity index (χ1n) is 7.39. The summed E-state index contributed by atoms with van der Waals surface area (Å²) in [4.78, 5) is 0. The zero-order valence-electron chi connectivity index (χ0n) is 13.0. The fourth-order valence-electron chi connectivity index (χ4n) is 2.53. The Kier molecular flexibility index (Phi) is 5.87. The summed E-state index contributed by atoms with van der Waals surface area (Å²) in [5.41, 5.74) is 2.10. The van der Waals surface area contributed by atoms with Crippen LogP contribution in [0.5, 0.6) is 0 Å². The predicted octanol–water partition coefficient (Wildman–Crippen LogP) is 6.21. The summed E-state index contributed by atoms with van der Waals surface area (Å²) in [5.74, 6) is -0.333. The molecule has 0 N–H and O–H groups in total. The third-order valence-electron chi connectivity index (χ3n) is 3.50. The fourth-order valence-corrected chi connectivity index (χ4v) is 2.53. The number of fused-ring (bicyclic) bond motifs is 1. The largest absolute Gasteiger partial charge is 0.314 e. The molecule has 23 heavy (non-hydrogen) atoms. The Labute approximate surface area is 135 Å². The standard InChI is InChI=1S/C20H19F2N/c1-3-5-6-9-15-23-19-13-8-7-11-16(19)17(12-10-14-21)20(23)18(22)4-2/h3-11,13-15H,1,12H2,2H3/b6-5-,14-10?,15-9+,18-4+. The Balaban J connectivity index is 2.73. The number of halogens is 2. The van der Waals surface area contributed by atoms with Gasteiger partial charge < -0.3 is 4.57 Å². The van der Waals surface area contributed by atoms with Crippen molar-refractivity contribution in [2.75, 3.05) is 0 Å². The van der Waals surface area contributed by atoms with Gasteiger partial charge in [-0.2, -0.15) is 0 Å². The second-order valence-corrected chi connectivity index (χ2v) is 4.88. The molecule has 0 saturated heterocycles. The van der Waals surface area contributed by atoms with Crippen LogP contribution >= 0.6 is 0 Å². The highest BCUT2D eigenvalue weighted by Crippen LogP contribution is 2.32. The van der Waals surface area contributed by atoms with E-state index in [1.54, 1.807) is 29.8 Å². The number of nitrogens with zero attached hydrogens (tertiary/aromatic N) is 1. The average molecular weight is 311 g/mol. The highest BCUT2D eigenvalue weighted by molar-refractivity contribution is 5.91. The van der Waals surface area contributed by atoms with E-state index in [0.717, 1.165) is 16.5 Å². The van der Waals surface area contributed by atoms with E-state index < -0.39 is 0 Å². The van der Waals surface area contributed by atoms with Gasteiger partial charge in [-0.25, -0.2) is 8.78 Å². The monoisotopic (exact) mass is 311 g/mol. The van der Waals surface area contributed by atoms with Crippen LogP contribution in [0.1, 0.15) is 18.2 Å². The van der Waals surface area contributed by atoms with Crippen LogP contribution in [-0.2, 0) is 6.42 Å². The van der Waals surface area contributed by atoms with Crippen LogP contribution in [0.15, 0.2) is 73.6 Å². The molecule has 0 bridgehead atoms. The Morgan fingerprint density at radius 3 is 2.70 bits per heavy atom. The first kappa shape index (κ1) is 16.7. The number of hydrogen-bond donors (Lipinski definition) is 0. The first-order valence-corrected chi connectivity index (χ1v) is 7.39. The van der Waals surface area contributed by atoms with Gasteiger partial charge in [0.05, 0.1) is 17.5 Å². The molecule has 1 aromatic carbocycles. The van der Waals surface area contributed by atoms with Crippen LogP contribution in [-0.4, -0.2) is 4.57 Å². The Hall–Kier alpha value is -2.68. The molecule has 1 heterocycles. The molecule has 0 amide bonds. The highest BCUT2D eigenvalue weighted by Gasteiger charge is 2.17. The van der Waals surface area contributed by atoms with Crippen LogP contribution in [0.25, 0.3) is 22.9 Å². The Morgan fingerprint density at radius 1 is 1.22 bits per heavy atom. The lowest BCUT2D eigenvalue weighted by molar-refractivity contribution is 0.715. The number of allylic oxidation sites excluding steroid dienone is 6. The van der Waals surface area contributed by atoms with Crippen molar-refractivity contribution in [1.82, 2.24) is 4.57 Å². The van der Waals surface area contributed by atoms with Crippen LogP contribution in [0.2, 0.25) is 0 Å². The van der Waals surface area contributed by atoms with E-state index in [1.165, 1.54) is 12.2 Å². The summed E-state index contributed by atoms with van der Waals surface area (Å²) in [6.07, 6.45) is 12.5. The second-order valence-electron chi connectivity index (χ2n) is 4.88. The number of rotatable bonds is 6. The summed E-state index contributed by atoms with van der Waals surface area (Å²) in [6.45, 7) is 5.26. The minimum Gasteiger partial charge on any atom is -0.314 e. The van der Waals surface area contributed by atoms with Gasteiger partial charge in [-0.05, 0) is 37.1 Å². The first-order chi connectivity index (χ1) is 11.2. The fraction of sp³-hybridized carbons (Fsp3) is 0.100. The van der Waals surface area contributed by atoms with Crippen molar-refractivity contribution in [3.8, 4) is 0 Å². The topological polar surface area (TPSA) is 4.93 Å². The molecule has 2 aromatic rings.